The number of fused-ring (bicyclic) bond motifs is 1. The van der Waals surface area contributed by atoms with Gasteiger partial charge in [0.1, 0.15) is 11.6 Å². The van der Waals surface area contributed by atoms with Crippen molar-refractivity contribution in [2.45, 2.75) is 38.5 Å². The fourth-order valence-corrected chi connectivity index (χ4v) is 3.05. The van der Waals surface area contributed by atoms with E-state index < -0.39 is 0 Å². The largest absolute Gasteiger partial charge is 0.457 e. The van der Waals surface area contributed by atoms with Crippen LogP contribution in [-0.4, -0.2) is 9.97 Å². The smallest absolute Gasteiger partial charge is 0.197 e. The Morgan fingerprint density at radius 2 is 2.15 bits per heavy atom. The van der Waals surface area contributed by atoms with Crippen molar-refractivity contribution in [3.8, 4) is 11.6 Å². The third-order valence-corrected chi connectivity index (χ3v) is 4.39. The standard InChI is InChI=1S/C15H18N4O/c1-8-7-10(8)12-5-6-13(20-12)15-17-11-4-2-3-9(11)14(18-15)19-16/h5-6,8,10H,2-4,7,16H2,1H3,(H,17,18,19). The SMILES string of the molecule is CC1CC1c1ccc(-c2nc3c(c(NN)n2)CCC3)o1. The number of aryl methyl sites for hydroxylation is 1. The Balaban J connectivity index is 1.73. The van der Waals surface area contributed by atoms with Crippen molar-refractivity contribution in [3.63, 3.8) is 0 Å². The second kappa shape index (κ2) is 4.31. The van der Waals surface area contributed by atoms with Crippen molar-refractivity contribution in [2.75, 3.05) is 5.43 Å². The van der Waals surface area contributed by atoms with Gasteiger partial charge in [0.2, 0.25) is 0 Å². The van der Waals surface area contributed by atoms with Crippen molar-refractivity contribution >= 4 is 5.82 Å². The topological polar surface area (TPSA) is 77.0 Å². The zero-order valence-corrected chi connectivity index (χ0v) is 11.5. The van der Waals surface area contributed by atoms with Gasteiger partial charge in [0.05, 0.1) is 0 Å². The maximum atomic E-state index is 5.93. The first-order chi connectivity index (χ1) is 9.76. The predicted molar refractivity (Wildman–Crippen MR) is 76.1 cm³/mol. The fourth-order valence-electron chi connectivity index (χ4n) is 3.05. The molecule has 1 fully saturated rings. The van der Waals surface area contributed by atoms with E-state index in [1.165, 1.54) is 6.42 Å². The van der Waals surface area contributed by atoms with Gasteiger partial charge in [-0.15, -0.1) is 0 Å². The van der Waals surface area contributed by atoms with Gasteiger partial charge in [-0.25, -0.2) is 15.8 Å². The predicted octanol–water partition coefficient (Wildman–Crippen LogP) is 2.63. The first-order valence-electron chi connectivity index (χ1n) is 7.22. The van der Waals surface area contributed by atoms with Crippen LogP contribution >= 0.6 is 0 Å². The maximum absolute atomic E-state index is 5.93. The second-order valence-electron chi connectivity index (χ2n) is 5.84. The molecule has 0 spiro atoms. The molecule has 0 bridgehead atoms. The van der Waals surface area contributed by atoms with E-state index in [1.54, 1.807) is 0 Å². The zero-order chi connectivity index (χ0) is 13.7. The lowest BCUT2D eigenvalue weighted by Crippen LogP contribution is -2.12. The van der Waals surface area contributed by atoms with Gasteiger partial charge in [-0.3, -0.25) is 0 Å². The first kappa shape index (κ1) is 11.9. The highest BCUT2D eigenvalue weighted by molar-refractivity contribution is 5.56. The number of rotatable bonds is 3. The van der Waals surface area contributed by atoms with Gasteiger partial charge in [-0.2, -0.15) is 0 Å². The molecule has 20 heavy (non-hydrogen) atoms. The molecule has 2 aliphatic carbocycles. The van der Waals surface area contributed by atoms with Gasteiger partial charge >= 0.3 is 0 Å². The third kappa shape index (κ3) is 1.81. The summed E-state index contributed by atoms with van der Waals surface area (Å²) in [5.41, 5.74) is 4.94. The fraction of sp³-hybridized carbons (Fsp3) is 0.467. The van der Waals surface area contributed by atoms with E-state index >= 15 is 0 Å². The summed E-state index contributed by atoms with van der Waals surface area (Å²) >= 11 is 0. The Morgan fingerprint density at radius 1 is 1.30 bits per heavy atom. The zero-order valence-electron chi connectivity index (χ0n) is 11.5. The molecule has 0 aromatic carbocycles. The molecule has 0 amide bonds. The summed E-state index contributed by atoms with van der Waals surface area (Å²) < 4.78 is 5.93. The molecule has 5 nitrogen and oxygen atoms in total. The van der Waals surface area contributed by atoms with E-state index in [2.05, 4.69) is 28.4 Å². The lowest BCUT2D eigenvalue weighted by Gasteiger charge is -2.07. The number of hydrogen-bond acceptors (Lipinski definition) is 5. The number of nitrogens with one attached hydrogen (secondary N) is 1. The Kier molecular flexibility index (Phi) is 2.57. The monoisotopic (exact) mass is 270 g/mol. The number of furan rings is 1. The van der Waals surface area contributed by atoms with Crippen LogP contribution in [0.4, 0.5) is 5.82 Å². The molecule has 0 saturated heterocycles. The first-order valence-corrected chi connectivity index (χ1v) is 7.22. The number of nitrogen functional groups attached to an aromatic ring is 1. The molecule has 2 aliphatic rings. The highest BCUT2D eigenvalue weighted by atomic mass is 16.3. The Hall–Kier alpha value is -1.88. The molecule has 2 aromatic heterocycles. The van der Waals surface area contributed by atoms with Crippen molar-refractivity contribution < 1.29 is 4.42 Å². The molecule has 104 valence electrons. The van der Waals surface area contributed by atoms with Crippen molar-refractivity contribution in [3.05, 3.63) is 29.2 Å². The number of anilines is 1. The molecule has 2 heterocycles. The summed E-state index contributed by atoms with van der Waals surface area (Å²) in [4.78, 5) is 9.15. The summed E-state index contributed by atoms with van der Waals surface area (Å²) in [7, 11) is 0. The van der Waals surface area contributed by atoms with E-state index in [4.69, 9.17) is 10.3 Å². The number of nitrogens with zero attached hydrogens (tertiary/aromatic N) is 2. The molecular weight excluding hydrogens is 252 g/mol. The van der Waals surface area contributed by atoms with Gasteiger partial charge in [-0.05, 0) is 43.7 Å². The lowest BCUT2D eigenvalue weighted by atomic mass is 10.2. The maximum Gasteiger partial charge on any atom is 0.197 e. The molecule has 0 radical (unpaired) electrons. The normalized spacial score (nSPS) is 23.7. The van der Waals surface area contributed by atoms with Gasteiger partial charge in [0.15, 0.2) is 11.6 Å². The summed E-state index contributed by atoms with van der Waals surface area (Å²) in [6.45, 7) is 2.25. The average molecular weight is 270 g/mol. The Bertz CT molecular complexity index is 664. The van der Waals surface area contributed by atoms with Crippen LogP contribution in [0.15, 0.2) is 16.5 Å². The highest BCUT2D eigenvalue weighted by Crippen LogP contribution is 2.48. The van der Waals surface area contributed by atoms with Crippen LogP contribution in [0.2, 0.25) is 0 Å². The summed E-state index contributed by atoms with van der Waals surface area (Å²) in [6, 6.07) is 4.02. The molecule has 5 heteroatoms. The molecule has 2 aromatic rings. The van der Waals surface area contributed by atoms with E-state index in [0.29, 0.717) is 11.7 Å². The number of hydrazine groups is 1. The molecule has 0 aliphatic heterocycles. The van der Waals surface area contributed by atoms with Crippen LogP contribution < -0.4 is 11.3 Å². The summed E-state index contributed by atoms with van der Waals surface area (Å²) in [5.74, 6) is 10.1. The number of nitrogens with two attached hydrogens (primary N) is 1. The summed E-state index contributed by atoms with van der Waals surface area (Å²) in [5, 5.41) is 0. The minimum atomic E-state index is 0.574. The van der Waals surface area contributed by atoms with Gasteiger partial charge in [-0.1, -0.05) is 6.92 Å². The van der Waals surface area contributed by atoms with Crippen LogP contribution in [0.1, 0.15) is 42.7 Å². The minimum Gasteiger partial charge on any atom is -0.457 e. The van der Waals surface area contributed by atoms with E-state index in [1.807, 2.05) is 6.07 Å². The van der Waals surface area contributed by atoms with Crippen LogP contribution in [0.5, 0.6) is 0 Å². The number of hydrogen-bond donors (Lipinski definition) is 2. The van der Waals surface area contributed by atoms with Gasteiger partial charge in [0, 0.05) is 17.2 Å². The van der Waals surface area contributed by atoms with E-state index in [0.717, 1.165) is 53.8 Å². The Labute approximate surface area is 117 Å². The second-order valence-corrected chi connectivity index (χ2v) is 5.84. The van der Waals surface area contributed by atoms with Crippen molar-refractivity contribution in [2.24, 2.45) is 11.8 Å². The summed E-state index contributed by atoms with van der Waals surface area (Å²) in [6.07, 6.45) is 4.32. The molecule has 2 atom stereocenters. The molecule has 3 N–H and O–H groups in total. The van der Waals surface area contributed by atoms with Crippen molar-refractivity contribution in [1.82, 2.24) is 9.97 Å². The van der Waals surface area contributed by atoms with Crippen LogP contribution in [0.25, 0.3) is 11.6 Å². The molecule has 4 rings (SSSR count). The molecule has 2 unspecified atom stereocenters. The van der Waals surface area contributed by atoms with E-state index in [-0.39, 0.29) is 0 Å². The van der Waals surface area contributed by atoms with Crippen LogP contribution in [-0.2, 0) is 12.8 Å². The highest BCUT2D eigenvalue weighted by Gasteiger charge is 2.36. The van der Waals surface area contributed by atoms with Gasteiger partial charge in [0.25, 0.3) is 0 Å². The quantitative estimate of drug-likeness (QED) is 0.662. The van der Waals surface area contributed by atoms with E-state index in [9.17, 15) is 0 Å². The number of aromatic nitrogens is 2. The third-order valence-electron chi connectivity index (χ3n) is 4.39. The molecular formula is C15H18N4O. The van der Waals surface area contributed by atoms with Crippen LogP contribution in [0.3, 0.4) is 0 Å². The average Bonchev–Trinajstić information content (AvgIpc) is 2.90. The minimum absolute atomic E-state index is 0.574. The lowest BCUT2D eigenvalue weighted by molar-refractivity contribution is 0.515. The van der Waals surface area contributed by atoms with Crippen LogP contribution in [0, 0.1) is 5.92 Å². The van der Waals surface area contributed by atoms with Gasteiger partial charge < -0.3 is 9.84 Å². The molecule has 1 saturated carbocycles. The van der Waals surface area contributed by atoms with Crippen molar-refractivity contribution in [1.29, 1.82) is 0 Å². The Morgan fingerprint density at radius 3 is 2.90 bits per heavy atom.